The van der Waals surface area contributed by atoms with Crippen LogP contribution in [0.4, 0.5) is 5.69 Å². The molecule has 0 aliphatic heterocycles. The summed E-state index contributed by atoms with van der Waals surface area (Å²) in [6, 6.07) is 1.56. The quantitative estimate of drug-likeness (QED) is 0.548. The fourth-order valence-electron chi connectivity index (χ4n) is 0.916. The zero-order valence-corrected chi connectivity index (χ0v) is 7.67. The van der Waals surface area contributed by atoms with Crippen molar-refractivity contribution in [1.82, 2.24) is 4.98 Å². The number of nitrogens with one attached hydrogen (secondary N) is 1. The van der Waals surface area contributed by atoms with Crippen LogP contribution in [0.1, 0.15) is 30.3 Å². The monoisotopic (exact) mass is 182 g/mol. The van der Waals surface area contributed by atoms with Crippen molar-refractivity contribution < 1.29 is 9.53 Å². The Morgan fingerprint density at radius 1 is 1.69 bits per heavy atom. The molecule has 72 valence electrons. The predicted molar refractivity (Wildman–Crippen MR) is 50.4 cm³/mol. The zero-order valence-electron chi connectivity index (χ0n) is 7.67. The van der Waals surface area contributed by atoms with E-state index >= 15 is 0 Å². The topological polar surface area (TPSA) is 68.1 Å². The minimum Gasteiger partial charge on any atom is -0.461 e. The number of unbranched alkanes of at least 4 members (excludes halogenated alkanes) is 1. The number of carbonyl (C=O) groups is 1. The molecule has 0 radical (unpaired) electrons. The molecule has 0 aliphatic carbocycles. The molecule has 0 saturated heterocycles. The van der Waals surface area contributed by atoms with Gasteiger partial charge in [0.15, 0.2) is 0 Å². The van der Waals surface area contributed by atoms with Crippen LogP contribution in [-0.4, -0.2) is 17.6 Å². The molecule has 13 heavy (non-hydrogen) atoms. The van der Waals surface area contributed by atoms with Gasteiger partial charge in [0, 0.05) is 6.20 Å². The molecule has 0 amide bonds. The van der Waals surface area contributed by atoms with E-state index in [-0.39, 0.29) is 5.97 Å². The van der Waals surface area contributed by atoms with Gasteiger partial charge in [-0.2, -0.15) is 0 Å². The van der Waals surface area contributed by atoms with E-state index in [4.69, 9.17) is 10.5 Å². The van der Waals surface area contributed by atoms with E-state index in [0.717, 1.165) is 12.8 Å². The summed E-state index contributed by atoms with van der Waals surface area (Å²) in [4.78, 5) is 14.0. The molecule has 1 aromatic rings. The maximum atomic E-state index is 11.2. The van der Waals surface area contributed by atoms with E-state index in [2.05, 4.69) is 4.98 Å². The molecule has 0 spiro atoms. The van der Waals surface area contributed by atoms with Crippen molar-refractivity contribution in [2.45, 2.75) is 19.8 Å². The average Bonchev–Trinajstić information content (AvgIpc) is 2.52. The summed E-state index contributed by atoms with van der Waals surface area (Å²) in [7, 11) is 0. The summed E-state index contributed by atoms with van der Waals surface area (Å²) in [5.41, 5.74) is 6.39. The summed E-state index contributed by atoms with van der Waals surface area (Å²) >= 11 is 0. The smallest absolute Gasteiger partial charge is 0.354 e. The number of hydrogen-bond acceptors (Lipinski definition) is 3. The summed E-state index contributed by atoms with van der Waals surface area (Å²) in [5, 5.41) is 0. The van der Waals surface area contributed by atoms with Gasteiger partial charge in [-0.15, -0.1) is 0 Å². The number of hydrogen-bond donors (Lipinski definition) is 2. The lowest BCUT2D eigenvalue weighted by Crippen LogP contribution is -2.06. The van der Waals surface area contributed by atoms with Crippen LogP contribution >= 0.6 is 0 Å². The summed E-state index contributed by atoms with van der Waals surface area (Å²) in [5.74, 6) is -0.342. The largest absolute Gasteiger partial charge is 0.461 e. The Morgan fingerprint density at radius 3 is 3.00 bits per heavy atom. The molecular weight excluding hydrogens is 168 g/mol. The van der Waals surface area contributed by atoms with Gasteiger partial charge in [0.1, 0.15) is 5.69 Å². The molecule has 0 aliphatic rings. The van der Waals surface area contributed by atoms with E-state index in [1.165, 1.54) is 0 Å². The third-order valence-electron chi connectivity index (χ3n) is 1.66. The molecule has 4 heteroatoms. The SMILES string of the molecule is CCCCOC(=O)c1cc(N)c[nH]1. The average molecular weight is 182 g/mol. The normalized spacial score (nSPS) is 9.92. The van der Waals surface area contributed by atoms with Gasteiger partial charge < -0.3 is 15.5 Å². The van der Waals surface area contributed by atoms with E-state index in [0.29, 0.717) is 18.0 Å². The number of ether oxygens (including phenoxy) is 1. The minimum atomic E-state index is -0.342. The van der Waals surface area contributed by atoms with E-state index in [1.54, 1.807) is 12.3 Å². The standard InChI is InChI=1S/C9H14N2O2/c1-2-3-4-13-9(12)8-5-7(10)6-11-8/h5-6,11H,2-4,10H2,1H3. The Balaban J connectivity index is 2.40. The van der Waals surface area contributed by atoms with Crippen LogP contribution in [0.15, 0.2) is 12.3 Å². The number of nitrogens with two attached hydrogens (primary N) is 1. The van der Waals surface area contributed by atoms with Crippen LogP contribution in [0.25, 0.3) is 0 Å². The van der Waals surface area contributed by atoms with Gasteiger partial charge in [0.25, 0.3) is 0 Å². The Hall–Kier alpha value is -1.45. The minimum absolute atomic E-state index is 0.342. The van der Waals surface area contributed by atoms with Gasteiger partial charge in [-0.05, 0) is 12.5 Å². The van der Waals surface area contributed by atoms with Gasteiger partial charge in [-0.25, -0.2) is 4.79 Å². The number of esters is 1. The Kier molecular flexibility index (Phi) is 3.37. The maximum Gasteiger partial charge on any atom is 0.354 e. The number of aromatic nitrogens is 1. The summed E-state index contributed by atoms with van der Waals surface area (Å²) in [6.45, 7) is 2.51. The van der Waals surface area contributed by atoms with Gasteiger partial charge in [0.2, 0.25) is 0 Å². The van der Waals surface area contributed by atoms with Crippen molar-refractivity contribution in [2.75, 3.05) is 12.3 Å². The Bertz CT molecular complexity index is 281. The molecule has 0 saturated carbocycles. The lowest BCUT2D eigenvalue weighted by atomic mass is 10.3. The van der Waals surface area contributed by atoms with Crippen molar-refractivity contribution in [1.29, 1.82) is 0 Å². The molecule has 0 atom stereocenters. The number of rotatable bonds is 4. The first-order chi connectivity index (χ1) is 6.24. The zero-order chi connectivity index (χ0) is 9.68. The highest BCUT2D eigenvalue weighted by Gasteiger charge is 2.07. The molecule has 1 rings (SSSR count). The second-order valence-electron chi connectivity index (χ2n) is 2.84. The van der Waals surface area contributed by atoms with Gasteiger partial charge >= 0.3 is 5.97 Å². The number of aromatic amines is 1. The molecule has 0 aromatic carbocycles. The van der Waals surface area contributed by atoms with Crippen LogP contribution < -0.4 is 5.73 Å². The molecule has 0 fully saturated rings. The highest BCUT2D eigenvalue weighted by molar-refractivity contribution is 5.88. The van der Waals surface area contributed by atoms with Crippen molar-refractivity contribution in [2.24, 2.45) is 0 Å². The molecule has 3 N–H and O–H groups in total. The maximum absolute atomic E-state index is 11.2. The molecule has 0 bridgehead atoms. The predicted octanol–water partition coefficient (Wildman–Crippen LogP) is 1.55. The molecule has 0 unspecified atom stereocenters. The van der Waals surface area contributed by atoms with Crippen molar-refractivity contribution in [3.05, 3.63) is 18.0 Å². The molecule has 1 aromatic heterocycles. The Labute approximate surface area is 77.1 Å². The number of carbonyl (C=O) groups excluding carboxylic acids is 1. The number of H-pyrrole nitrogens is 1. The van der Waals surface area contributed by atoms with Gasteiger partial charge in [-0.1, -0.05) is 13.3 Å². The third kappa shape index (κ3) is 2.82. The van der Waals surface area contributed by atoms with Crippen LogP contribution in [0.2, 0.25) is 0 Å². The van der Waals surface area contributed by atoms with Crippen LogP contribution in [0, 0.1) is 0 Å². The van der Waals surface area contributed by atoms with Crippen molar-refractivity contribution >= 4 is 11.7 Å². The number of anilines is 1. The first kappa shape index (κ1) is 9.64. The highest BCUT2D eigenvalue weighted by Crippen LogP contribution is 2.06. The molecule has 1 heterocycles. The highest BCUT2D eigenvalue weighted by atomic mass is 16.5. The van der Waals surface area contributed by atoms with Crippen LogP contribution in [0.5, 0.6) is 0 Å². The van der Waals surface area contributed by atoms with E-state index < -0.39 is 0 Å². The fraction of sp³-hybridized carbons (Fsp3) is 0.444. The van der Waals surface area contributed by atoms with Crippen LogP contribution in [-0.2, 0) is 4.74 Å². The molecule has 4 nitrogen and oxygen atoms in total. The van der Waals surface area contributed by atoms with E-state index in [9.17, 15) is 4.79 Å². The second-order valence-corrected chi connectivity index (χ2v) is 2.84. The Morgan fingerprint density at radius 2 is 2.46 bits per heavy atom. The van der Waals surface area contributed by atoms with Gasteiger partial charge in [0.05, 0.1) is 12.3 Å². The lowest BCUT2D eigenvalue weighted by molar-refractivity contribution is 0.0493. The third-order valence-corrected chi connectivity index (χ3v) is 1.66. The lowest BCUT2D eigenvalue weighted by Gasteiger charge is -2.00. The van der Waals surface area contributed by atoms with E-state index in [1.807, 2.05) is 6.92 Å². The first-order valence-corrected chi connectivity index (χ1v) is 4.35. The van der Waals surface area contributed by atoms with Crippen LogP contribution in [0.3, 0.4) is 0 Å². The second kappa shape index (κ2) is 4.54. The van der Waals surface area contributed by atoms with Crippen molar-refractivity contribution in [3.8, 4) is 0 Å². The van der Waals surface area contributed by atoms with Gasteiger partial charge in [-0.3, -0.25) is 0 Å². The van der Waals surface area contributed by atoms with Crippen molar-refractivity contribution in [3.63, 3.8) is 0 Å². The fourth-order valence-corrected chi connectivity index (χ4v) is 0.916. The number of nitrogen functional groups attached to an aromatic ring is 1. The first-order valence-electron chi connectivity index (χ1n) is 4.35. The molecular formula is C9H14N2O2. The summed E-state index contributed by atoms with van der Waals surface area (Å²) < 4.78 is 4.96. The summed E-state index contributed by atoms with van der Waals surface area (Å²) in [6.07, 6.45) is 3.47.